The van der Waals surface area contributed by atoms with E-state index in [9.17, 15) is 0 Å². The van der Waals surface area contributed by atoms with Crippen molar-refractivity contribution >= 4 is 5.69 Å². The molecule has 2 aromatic rings. The Kier molecular flexibility index (Phi) is 3.41. The first-order chi connectivity index (χ1) is 9.33. The zero-order chi connectivity index (χ0) is 13.1. The summed E-state index contributed by atoms with van der Waals surface area (Å²) in [5, 5.41) is 3.45. The smallest absolute Gasteiger partial charge is 0.119 e. The van der Waals surface area contributed by atoms with E-state index in [1.807, 2.05) is 12.1 Å². The first-order valence-electron chi connectivity index (χ1n) is 6.87. The molecule has 3 rings (SSSR count). The highest BCUT2D eigenvalue weighted by Gasteiger charge is 2.12. The van der Waals surface area contributed by atoms with Gasteiger partial charge in [-0.15, -0.1) is 0 Å². The van der Waals surface area contributed by atoms with Crippen LogP contribution in [0.15, 0.2) is 42.5 Å². The van der Waals surface area contributed by atoms with Crippen LogP contribution in [0.25, 0.3) is 0 Å². The van der Waals surface area contributed by atoms with Crippen LogP contribution in [0.1, 0.15) is 23.1 Å². The van der Waals surface area contributed by atoms with E-state index in [-0.39, 0.29) is 0 Å². The Bertz CT molecular complexity index is 560. The van der Waals surface area contributed by atoms with Gasteiger partial charge in [0.05, 0.1) is 0 Å². The number of aryl methyl sites for hydroxylation is 1. The zero-order valence-corrected chi connectivity index (χ0v) is 11.3. The third-order valence-corrected chi connectivity index (χ3v) is 3.61. The molecule has 0 amide bonds. The Labute approximate surface area is 114 Å². The summed E-state index contributed by atoms with van der Waals surface area (Å²) in [6.45, 7) is 3.81. The standard InChI is InChI=1S/C17H19NO/c1-13-7-9-15(10-8-13)19-12-14-4-2-6-17-16(14)5-3-11-18-17/h2,4,6-10,18H,3,5,11-12H2,1H3. The van der Waals surface area contributed by atoms with Gasteiger partial charge >= 0.3 is 0 Å². The van der Waals surface area contributed by atoms with Crippen LogP contribution in [0.5, 0.6) is 5.75 Å². The molecule has 2 aromatic carbocycles. The van der Waals surface area contributed by atoms with Gasteiger partial charge in [-0.05, 0) is 49.1 Å². The fourth-order valence-electron chi connectivity index (χ4n) is 2.51. The maximum atomic E-state index is 5.89. The van der Waals surface area contributed by atoms with Crippen molar-refractivity contribution < 1.29 is 4.74 Å². The van der Waals surface area contributed by atoms with Crippen LogP contribution in [0, 0.1) is 6.92 Å². The molecule has 1 N–H and O–H groups in total. The van der Waals surface area contributed by atoms with Gasteiger partial charge in [0.2, 0.25) is 0 Å². The zero-order valence-electron chi connectivity index (χ0n) is 11.3. The molecular weight excluding hydrogens is 234 g/mol. The molecule has 2 nitrogen and oxygen atoms in total. The molecule has 98 valence electrons. The van der Waals surface area contributed by atoms with Gasteiger partial charge in [0.1, 0.15) is 12.4 Å². The molecule has 1 heterocycles. The quantitative estimate of drug-likeness (QED) is 0.894. The lowest BCUT2D eigenvalue weighted by atomic mass is 9.98. The average molecular weight is 253 g/mol. The summed E-state index contributed by atoms with van der Waals surface area (Å²) in [7, 11) is 0. The molecule has 0 fully saturated rings. The minimum atomic E-state index is 0.647. The molecule has 0 bridgehead atoms. The van der Waals surface area contributed by atoms with E-state index in [4.69, 9.17) is 4.74 Å². The lowest BCUT2D eigenvalue weighted by molar-refractivity contribution is 0.305. The van der Waals surface area contributed by atoms with E-state index < -0.39 is 0 Å². The highest BCUT2D eigenvalue weighted by Crippen LogP contribution is 2.26. The minimum Gasteiger partial charge on any atom is -0.489 e. The summed E-state index contributed by atoms with van der Waals surface area (Å²) in [6, 6.07) is 14.6. The van der Waals surface area contributed by atoms with Crippen LogP contribution < -0.4 is 10.1 Å². The van der Waals surface area contributed by atoms with Gasteiger partial charge in [-0.3, -0.25) is 0 Å². The second kappa shape index (κ2) is 5.35. The normalized spacial score (nSPS) is 13.5. The molecule has 19 heavy (non-hydrogen) atoms. The van der Waals surface area contributed by atoms with Crippen LogP contribution >= 0.6 is 0 Å². The van der Waals surface area contributed by atoms with Crippen LogP contribution in [0.2, 0.25) is 0 Å². The van der Waals surface area contributed by atoms with Gasteiger partial charge in [-0.2, -0.15) is 0 Å². The SMILES string of the molecule is Cc1ccc(OCc2cccc3c2CCCN3)cc1. The Morgan fingerprint density at radius 3 is 2.79 bits per heavy atom. The van der Waals surface area contributed by atoms with Gasteiger partial charge in [0.15, 0.2) is 0 Å². The second-order valence-corrected chi connectivity index (χ2v) is 5.08. The molecule has 1 aliphatic heterocycles. The number of nitrogens with one attached hydrogen (secondary N) is 1. The summed E-state index contributed by atoms with van der Waals surface area (Å²) in [4.78, 5) is 0. The number of rotatable bonds is 3. The Morgan fingerprint density at radius 1 is 1.11 bits per heavy atom. The fourth-order valence-corrected chi connectivity index (χ4v) is 2.51. The van der Waals surface area contributed by atoms with Crippen molar-refractivity contribution in [3.8, 4) is 5.75 Å². The summed E-state index contributed by atoms with van der Waals surface area (Å²) in [6.07, 6.45) is 2.35. The third-order valence-electron chi connectivity index (χ3n) is 3.61. The van der Waals surface area contributed by atoms with Crippen molar-refractivity contribution in [3.05, 3.63) is 59.2 Å². The predicted octanol–water partition coefficient (Wildman–Crippen LogP) is 3.93. The van der Waals surface area contributed by atoms with Crippen LogP contribution in [-0.4, -0.2) is 6.54 Å². The van der Waals surface area contributed by atoms with Gasteiger partial charge in [-0.25, -0.2) is 0 Å². The van der Waals surface area contributed by atoms with Gasteiger partial charge in [0.25, 0.3) is 0 Å². The van der Waals surface area contributed by atoms with E-state index in [0.29, 0.717) is 6.61 Å². The molecule has 2 heteroatoms. The Balaban J connectivity index is 1.75. The Morgan fingerprint density at radius 2 is 1.95 bits per heavy atom. The average Bonchev–Trinajstić information content (AvgIpc) is 2.47. The van der Waals surface area contributed by atoms with Crippen molar-refractivity contribution in [2.45, 2.75) is 26.4 Å². The van der Waals surface area contributed by atoms with Crippen LogP contribution in [0.4, 0.5) is 5.69 Å². The largest absolute Gasteiger partial charge is 0.489 e. The maximum absolute atomic E-state index is 5.89. The van der Waals surface area contributed by atoms with Crippen LogP contribution in [-0.2, 0) is 13.0 Å². The van der Waals surface area contributed by atoms with Gasteiger partial charge in [-0.1, -0.05) is 29.8 Å². The number of ether oxygens (including phenoxy) is 1. The number of hydrogen-bond acceptors (Lipinski definition) is 2. The highest BCUT2D eigenvalue weighted by molar-refractivity contribution is 5.56. The topological polar surface area (TPSA) is 21.3 Å². The number of hydrogen-bond donors (Lipinski definition) is 1. The molecule has 0 unspecified atom stereocenters. The van der Waals surface area contributed by atoms with Crippen molar-refractivity contribution in [2.75, 3.05) is 11.9 Å². The van der Waals surface area contributed by atoms with E-state index in [1.54, 1.807) is 0 Å². The third kappa shape index (κ3) is 2.73. The van der Waals surface area contributed by atoms with E-state index in [1.165, 1.54) is 28.8 Å². The first-order valence-corrected chi connectivity index (χ1v) is 6.87. The number of anilines is 1. The molecule has 0 aromatic heterocycles. The van der Waals surface area contributed by atoms with Crippen molar-refractivity contribution in [3.63, 3.8) is 0 Å². The second-order valence-electron chi connectivity index (χ2n) is 5.08. The fraction of sp³-hybridized carbons (Fsp3) is 0.294. The lowest BCUT2D eigenvalue weighted by Gasteiger charge is -2.21. The minimum absolute atomic E-state index is 0.647. The first kappa shape index (κ1) is 12.1. The van der Waals surface area contributed by atoms with Gasteiger partial charge < -0.3 is 10.1 Å². The number of fused-ring (bicyclic) bond motifs is 1. The highest BCUT2D eigenvalue weighted by atomic mass is 16.5. The van der Waals surface area contributed by atoms with Crippen molar-refractivity contribution in [1.82, 2.24) is 0 Å². The lowest BCUT2D eigenvalue weighted by Crippen LogP contribution is -2.14. The molecule has 1 aliphatic rings. The van der Waals surface area contributed by atoms with Crippen molar-refractivity contribution in [2.24, 2.45) is 0 Å². The van der Waals surface area contributed by atoms with Gasteiger partial charge in [0, 0.05) is 12.2 Å². The molecule has 0 saturated carbocycles. The number of benzene rings is 2. The molecule has 0 atom stereocenters. The van der Waals surface area contributed by atoms with E-state index in [0.717, 1.165) is 18.7 Å². The molecule has 0 spiro atoms. The van der Waals surface area contributed by atoms with Crippen molar-refractivity contribution in [1.29, 1.82) is 0 Å². The summed E-state index contributed by atoms with van der Waals surface area (Å²) >= 11 is 0. The predicted molar refractivity (Wildman–Crippen MR) is 78.8 cm³/mol. The van der Waals surface area contributed by atoms with E-state index in [2.05, 4.69) is 42.6 Å². The molecular formula is C17H19NO. The Hall–Kier alpha value is -1.96. The monoisotopic (exact) mass is 253 g/mol. The molecule has 0 radical (unpaired) electrons. The summed E-state index contributed by atoms with van der Waals surface area (Å²) < 4.78 is 5.89. The maximum Gasteiger partial charge on any atom is 0.119 e. The van der Waals surface area contributed by atoms with E-state index >= 15 is 0 Å². The van der Waals surface area contributed by atoms with Crippen LogP contribution in [0.3, 0.4) is 0 Å². The molecule has 0 saturated heterocycles. The summed E-state index contributed by atoms with van der Waals surface area (Å²) in [5.41, 5.74) is 5.25. The molecule has 0 aliphatic carbocycles. The summed E-state index contributed by atoms with van der Waals surface area (Å²) in [5.74, 6) is 0.937.